The molecule has 3 aromatic rings. The van der Waals surface area contributed by atoms with Crippen LogP contribution in [0.3, 0.4) is 0 Å². The van der Waals surface area contributed by atoms with Crippen molar-refractivity contribution in [2.45, 2.75) is 39.5 Å². The molecule has 1 aliphatic rings. The average molecular weight is 331 g/mol. The largest absolute Gasteiger partial charge is 0.340 e. The Bertz CT molecular complexity index is 881. The van der Waals surface area contributed by atoms with Crippen LogP contribution in [0.5, 0.6) is 0 Å². The quantitative estimate of drug-likeness (QED) is 0.670. The minimum atomic E-state index is 0.602. The monoisotopic (exact) mass is 331 g/mol. The van der Waals surface area contributed by atoms with Crippen LogP contribution in [0.25, 0.3) is 11.3 Å². The average Bonchev–Trinajstić information content (AvgIpc) is 3.33. The van der Waals surface area contributed by atoms with Gasteiger partial charge in [0.25, 0.3) is 0 Å². The fraction of sp³-hybridized carbons (Fsp3) is 0.318. The van der Waals surface area contributed by atoms with Crippen LogP contribution >= 0.6 is 0 Å². The number of rotatable bonds is 4. The molecule has 1 aliphatic carbocycles. The number of benzene rings is 2. The minimum Gasteiger partial charge on any atom is -0.340 e. The molecule has 0 bridgehead atoms. The molecule has 0 aliphatic heterocycles. The molecule has 0 amide bonds. The van der Waals surface area contributed by atoms with Crippen molar-refractivity contribution in [1.82, 2.24) is 9.97 Å². The Kier molecular flexibility index (Phi) is 3.87. The lowest BCUT2D eigenvalue weighted by Gasteiger charge is -2.23. The highest BCUT2D eigenvalue weighted by molar-refractivity contribution is 5.79. The maximum absolute atomic E-state index is 5.00. The van der Waals surface area contributed by atoms with Crippen molar-refractivity contribution in [2.75, 3.05) is 11.9 Å². The molecule has 128 valence electrons. The van der Waals surface area contributed by atoms with Gasteiger partial charge in [-0.2, -0.15) is 0 Å². The molecule has 3 heteroatoms. The second-order valence-corrected chi connectivity index (χ2v) is 7.27. The van der Waals surface area contributed by atoms with E-state index in [1.54, 1.807) is 0 Å². The summed E-state index contributed by atoms with van der Waals surface area (Å²) in [6.07, 6.45) is 2.49. The maximum Gasteiger partial charge on any atom is 0.159 e. The molecule has 3 nitrogen and oxygen atoms in total. The Labute approximate surface area is 149 Å². The second-order valence-electron chi connectivity index (χ2n) is 7.27. The summed E-state index contributed by atoms with van der Waals surface area (Å²) in [6.45, 7) is 6.52. The zero-order valence-electron chi connectivity index (χ0n) is 15.4. The molecule has 0 saturated heterocycles. The number of hydrogen-bond donors (Lipinski definition) is 1. The van der Waals surface area contributed by atoms with Crippen LogP contribution < -0.4 is 4.90 Å². The van der Waals surface area contributed by atoms with Gasteiger partial charge in [-0.25, -0.2) is 4.98 Å². The zero-order valence-corrected chi connectivity index (χ0v) is 15.4. The van der Waals surface area contributed by atoms with E-state index in [0.29, 0.717) is 5.92 Å². The first-order chi connectivity index (χ1) is 12.0. The van der Waals surface area contributed by atoms with Crippen molar-refractivity contribution in [1.29, 1.82) is 0 Å². The number of aromatic amines is 1. The van der Waals surface area contributed by atoms with Gasteiger partial charge < -0.3 is 9.88 Å². The lowest BCUT2D eigenvalue weighted by Crippen LogP contribution is -2.14. The van der Waals surface area contributed by atoms with Crippen molar-refractivity contribution in [3.63, 3.8) is 0 Å². The van der Waals surface area contributed by atoms with Crippen LogP contribution in [0, 0.1) is 20.8 Å². The molecule has 0 atom stereocenters. The van der Waals surface area contributed by atoms with E-state index < -0.39 is 0 Å². The van der Waals surface area contributed by atoms with Crippen molar-refractivity contribution in [2.24, 2.45) is 0 Å². The van der Waals surface area contributed by atoms with Crippen LogP contribution in [-0.4, -0.2) is 17.0 Å². The lowest BCUT2D eigenvalue weighted by molar-refractivity contribution is 0.969. The Hall–Kier alpha value is -2.55. The summed E-state index contributed by atoms with van der Waals surface area (Å²) < 4.78 is 0. The normalized spacial score (nSPS) is 13.9. The van der Waals surface area contributed by atoms with Gasteiger partial charge in [-0.3, -0.25) is 0 Å². The van der Waals surface area contributed by atoms with E-state index in [0.717, 1.165) is 17.3 Å². The van der Waals surface area contributed by atoms with Gasteiger partial charge >= 0.3 is 0 Å². The molecule has 1 heterocycles. The van der Waals surface area contributed by atoms with Crippen molar-refractivity contribution in [3.05, 3.63) is 65.0 Å². The predicted octanol–water partition coefficient (Wildman–Crippen LogP) is 5.65. The number of anilines is 2. The number of hydrogen-bond acceptors (Lipinski definition) is 2. The fourth-order valence-electron chi connectivity index (χ4n) is 3.79. The number of imidazole rings is 1. The van der Waals surface area contributed by atoms with Crippen LogP contribution in [0.4, 0.5) is 11.5 Å². The Morgan fingerprint density at radius 2 is 1.64 bits per heavy atom. The van der Waals surface area contributed by atoms with Crippen LogP contribution in [0.15, 0.2) is 42.5 Å². The molecule has 4 rings (SSSR count). The summed E-state index contributed by atoms with van der Waals surface area (Å²) >= 11 is 0. The zero-order chi connectivity index (χ0) is 17.6. The number of aryl methyl sites for hydroxylation is 3. The van der Waals surface area contributed by atoms with E-state index in [-0.39, 0.29) is 0 Å². The van der Waals surface area contributed by atoms with Gasteiger partial charge in [-0.15, -0.1) is 0 Å². The van der Waals surface area contributed by atoms with E-state index in [4.69, 9.17) is 4.98 Å². The van der Waals surface area contributed by atoms with Crippen molar-refractivity contribution >= 4 is 11.5 Å². The molecule has 1 saturated carbocycles. The second kappa shape index (κ2) is 6.07. The van der Waals surface area contributed by atoms with E-state index >= 15 is 0 Å². The summed E-state index contributed by atoms with van der Waals surface area (Å²) in [5.74, 6) is 2.75. The Balaban J connectivity index is 1.84. The highest BCUT2D eigenvalue weighted by Crippen LogP contribution is 2.43. The third-order valence-corrected chi connectivity index (χ3v) is 5.02. The van der Waals surface area contributed by atoms with Crippen LogP contribution in [0.1, 0.15) is 41.3 Å². The van der Waals surface area contributed by atoms with Gasteiger partial charge in [-0.1, -0.05) is 48.0 Å². The summed E-state index contributed by atoms with van der Waals surface area (Å²) in [7, 11) is 2.13. The van der Waals surface area contributed by atoms with Crippen molar-refractivity contribution in [3.8, 4) is 11.3 Å². The smallest absolute Gasteiger partial charge is 0.159 e. The maximum atomic E-state index is 5.00. The van der Waals surface area contributed by atoms with Gasteiger partial charge in [-0.05, 0) is 44.7 Å². The first-order valence-electron chi connectivity index (χ1n) is 9.01. The minimum absolute atomic E-state index is 0.602. The van der Waals surface area contributed by atoms with Gasteiger partial charge in [0.1, 0.15) is 5.82 Å². The third kappa shape index (κ3) is 2.95. The summed E-state index contributed by atoms with van der Waals surface area (Å²) in [4.78, 5) is 10.9. The lowest BCUT2D eigenvalue weighted by atomic mass is 10.0. The van der Waals surface area contributed by atoms with Crippen molar-refractivity contribution < 1.29 is 0 Å². The molecular formula is C22H25N3. The molecule has 25 heavy (non-hydrogen) atoms. The standard InChI is InChI=1S/C22H25N3/c1-14-12-15(2)20(16(3)13-14)25(4)22-19(17-8-6-5-7-9-17)23-21(24-22)18-10-11-18/h5-9,12-13,18H,10-11H2,1-4H3,(H,23,24). The first-order valence-corrected chi connectivity index (χ1v) is 9.01. The fourth-order valence-corrected chi connectivity index (χ4v) is 3.79. The SMILES string of the molecule is Cc1cc(C)c(N(C)c2nc(C3CC3)[nH]c2-c2ccccc2)c(C)c1. The Morgan fingerprint density at radius 3 is 2.24 bits per heavy atom. The van der Waals surface area contributed by atoms with Gasteiger partial charge in [0.15, 0.2) is 5.82 Å². The molecule has 1 fully saturated rings. The predicted molar refractivity (Wildman–Crippen MR) is 105 cm³/mol. The Morgan fingerprint density at radius 1 is 1.00 bits per heavy atom. The van der Waals surface area contributed by atoms with Crippen LogP contribution in [0.2, 0.25) is 0 Å². The number of nitrogens with one attached hydrogen (secondary N) is 1. The molecular weight excluding hydrogens is 306 g/mol. The molecule has 1 aromatic heterocycles. The van der Waals surface area contributed by atoms with Gasteiger partial charge in [0, 0.05) is 24.2 Å². The summed E-state index contributed by atoms with van der Waals surface area (Å²) in [5, 5.41) is 0. The van der Waals surface area contributed by atoms with Crippen LogP contribution in [-0.2, 0) is 0 Å². The summed E-state index contributed by atoms with van der Waals surface area (Å²) in [5.41, 5.74) is 7.42. The molecule has 0 radical (unpaired) electrons. The number of nitrogens with zero attached hydrogens (tertiary/aromatic N) is 2. The summed E-state index contributed by atoms with van der Waals surface area (Å²) in [6, 6.07) is 15.0. The molecule has 1 N–H and O–H groups in total. The first kappa shape index (κ1) is 15.9. The molecule has 0 unspecified atom stereocenters. The highest BCUT2D eigenvalue weighted by atomic mass is 15.2. The number of H-pyrrole nitrogens is 1. The van der Waals surface area contributed by atoms with E-state index in [1.165, 1.54) is 40.8 Å². The van der Waals surface area contributed by atoms with E-state index in [1.807, 2.05) is 0 Å². The molecule has 0 spiro atoms. The van der Waals surface area contributed by atoms with Gasteiger partial charge in [0.05, 0.1) is 5.69 Å². The van der Waals surface area contributed by atoms with Gasteiger partial charge in [0.2, 0.25) is 0 Å². The number of aromatic nitrogens is 2. The topological polar surface area (TPSA) is 31.9 Å². The van der Waals surface area contributed by atoms with E-state index in [2.05, 4.69) is 80.2 Å². The third-order valence-electron chi connectivity index (χ3n) is 5.02. The molecule has 2 aromatic carbocycles. The highest BCUT2D eigenvalue weighted by Gasteiger charge is 2.29. The van der Waals surface area contributed by atoms with E-state index in [9.17, 15) is 0 Å².